The molecule has 2 aromatic carbocycles. The Kier molecular flexibility index (Phi) is 7.86. The van der Waals surface area contributed by atoms with Gasteiger partial charge in [0.25, 0.3) is 5.91 Å². The highest BCUT2D eigenvalue weighted by Crippen LogP contribution is 2.22. The topological polar surface area (TPSA) is 80.3 Å². The van der Waals surface area contributed by atoms with E-state index in [0.29, 0.717) is 12.1 Å². The van der Waals surface area contributed by atoms with Crippen LogP contribution in [-0.4, -0.2) is 30.5 Å². The monoisotopic (exact) mass is 421 g/mol. The van der Waals surface area contributed by atoms with E-state index in [-0.39, 0.29) is 18.4 Å². The Bertz CT molecular complexity index is 961. The molecule has 3 rings (SSSR count). The average molecular weight is 422 g/mol. The van der Waals surface area contributed by atoms with E-state index >= 15 is 0 Å². The molecule has 6 nitrogen and oxygen atoms in total. The fourth-order valence-electron chi connectivity index (χ4n) is 2.62. The number of hydrogen-bond donors (Lipinski definition) is 2. The first-order valence-corrected chi connectivity index (χ1v) is 10.4. The predicted octanol–water partition coefficient (Wildman–Crippen LogP) is 3.43. The Hall–Kier alpha value is -3.32. The molecule has 0 unspecified atom stereocenters. The second-order valence-corrected chi connectivity index (χ2v) is 7.53. The predicted molar refractivity (Wildman–Crippen MR) is 117 cm³/mol. The van der Waals surface area contributed by atoms with E-state index in [1.165, 1.54) is 0 Å². The molecule has 7 heteroatoms. The first kappa shape index (κ1) is 21.4. The number of rotatable bonds is 9. The second kappa shape index (κ2) is 11.0. The fourth-order valence-corrected chi connectivity index (χ4v) is 3.45. The van der Waals surface area contributed by atoms with Crippen molar-refractivity contribution in [2.24, 2.45) is 0 Å². The minimum atomic E-state index is -0.279. The lowest BCUT2D eigenvalue weighted by molar-refractivity contribution is -0.120. The summed E-state index contributed by atoms with van der Waals surface area (Å²) in [5.74, 6) is 1.05. The highest BCUT2D eigenvalue weighted by molar-refractivity contribution is 7.98. The molecule has 0 aliphatic rings. The van der Waals surface area contributed by atoms with Crippen LogP contribution in [0.5, 0.6) is 5.75 Å². The summed E-state index contributed by atoms with van der Waals surface area (Å²) in [5, 5.41) is 5.43. The van der Waals surface area contributed by atoms with Crippen LogP contribution in [0.4, 0.5) is 0 Å². The Morgan fingerprint density at radius 1 is 0.967 bits per heavy atom. The van der Waals surface area contributed by atoms with E-state index < -0.39 is 0 Å². The summed E-state index contributed by atoms with van der Waals surface area (Å²) in [5.41, 5.74) is 2.61. The molecule has 0 aliphatic heterocycles. The van der Waals surface area contributed by atoms with E-state index in [0.717, 1.165) is 27.5 Å². The molecular formula is C23H23N3O3S. The zero-order valence-corrected chi connectivity index (χ0v) is 17.4. The zero-order valence-electron chi connectivity index (χ0n) is 16.6. The quantitative estimate of drug-likeness (QED) is 0.518. The maximum Gasteiger partial charge on any atom is 0.251 e. The van der Waals surface area contributed by atoms with E-state index in [2.05, 4.69) is 15.6 Å². The van der Waals surface area contributed by atoms with Gasteiger partial charge in [0.15, 0.2) is 0 Å². The summed E-state index contributed by atoms with van der Waals surface area (Å²) in [4.78, 5) is 29.4. The van der Waals surface area contributed by atoms with Crippen LogP contribution < -0.4 is 15.4 Å². The zero-order chi connectivity index (χ0) is 21.2. The fraction of sp³-hybridized carbons (Fsp3) is 0.174. The second-order valence-electron chi connectivity index (χ2n) is 6.48. The minimum absolute atomic E-state index is 0.0769. The van der Waals surface area contributed by atoms with Crippen LogP contribution in [0.15, 0.2) is 78.0 Å². The number of pyridine rings is 1. The molecule has 0 atom stereocenters. The van der Waals surface area contributed by atoms with Crippen molar-refractivity contribution in [2.75, 3.05) is 13.7 Å². The molecule has 2 amide bonds. The average Bonchev–Trinajstić information content (AvgIpc) is 2.81. The highest BCUT2D eigenvalue weighted by Gasteiger charge is 2.08. The third kappa shape index (κ3) is 6.63. The molecule has 154 valence electrons. The summed E-state index contributed by atoms with van der Waals surface area (Å²) in [6.45, 7) is 0.314. The molecule has 0 spiro atoms. The summed E-state index contributed by atoms with van der Waals surface area (Å²) in [7, 11) is 1.61. The number of ether oxygens (including phenoxy) is 1. The maximum atomic E-state index is 12.3. The molecule has 0 bridgehead atoms. The van der Waals surface area contributed by atoms with Gasteiger partial charge in [-0.2, -0.15) is 0 Å². The van der Waals surface area contributed by atoms with Crippen LogP contribution in [0.1, 0.15) is 21.5 Å². The maximum absolute atomic E-state index is 12.3. The molecule has 1 heterocycles. The number of nitrogens with one attached hydrogen (secondary N) is 2. The molecule has 1 aromatic heterocycles. The van der Waals surface area contributed by atoms with Crippen molar-refractivity contribution in [3.8, 4) is 5.75 Å². The molecule has 0 saturated heterocycles. The van der Waals surface area contributed by atoms with Crippen LogP contribution in [0.3, 0.4) is 0 Å². The smallest absolute Gasteiger partial charge is 0.251 e. The summed E-state index contributed by atoms with van der Waals surface area (Å²) in [6.07, 6.45) is 3.59. The molecular weight excluding hydrogens is 398 g/mol. The lowest BCUT2D eigenvalue weighted by atomic mass is 10.2. The van der Waals surface area contributed by atoms with E-state index in [4.69, 9.17) is 4.74 Å². The van der Waals surface area contributed by atoms with Crippen LogP contribution >= 0.6 is 11.8 Å². The SMILES string of the molecule is COc1ccc(CNC(=O)CNC(=O)c2ccc(SCc3cccnc3)cc2)cc1. The minimum Gasteiger partial charge on any atom is -0.497 e. The summed E-state index contributed by atoms with van der Waals surface area (Å²) >= 11 is 1.68. The van der Waals surface area contributed by atoms with Crippen molar-refractivity contribution in [3.63, 3.8) is 0 Å². The molecule has 0 saturated carbocycles. The summed E-state index contributed by atoms with van der Waals surface area (Å²) < 4.78 is 5.10. The van der Waals surface area contributed by atoms with Gasteiger partial charge in [-0.3, -0.25) is 14.6 Å². The Balaban J connectivity index is 1.40. The summed E-state index contributed by atoms with van der Waals surface area (Å²) in [6, 6.07) is 18.7. The van der Waals surface area contributed by atoms with E-state index in [1.807, 2.05) is 54.7 Å². The molecule has 0 fully saturated rings. The number of nitrogens with zero attached hydrogens (tertiary/aromatic N) is 1. The van der Waals surface area contributed by atoms with Crippen molar-refractivity contribution in [1.29, 1.82) is 0 Å². The Morgan fingerprint density at radius 3 is 2.40 bits per heavy atom. The number of aromatic nitrogens is 1. The number of thioether (sulfide) groups is 1. The van der Waals surface area contributed by atoms with Crippen molar-refractivity contribution in [2.45, 2.75) is 17.2 Å². The van der Waals surface area contributed by atoms with Gasteiger partial charge in [0.1, 0.15) is 5.75 Å². The van der Waals surface area contributed by atoms with Crippen LogP contribution in [0, 0.1) is 0 Å². The van der Waals surface area contributed by atoms with E-state index in [9.17, 15) is 9.59 Å². The third-order valence-electron chi connectivity index (χ3n) is 4.30. The van der Waals surface area contributed by atoms with Crippen molar-refractivity contribution in [3.05, 3.63) is 89.7 Å². The van der Waals surface area contributed by atoms with Gasteiger partial charge >= 0.3 is 0 Å². The normalized spacial score (nSPS) is 10.3. The van der Waals surface area contributed by atoms with Gasteiger partial charge in [0.05, 0.1) is 13.7 Å². The van der Waals surface area contributed by atoms with Gasteiger partial charge in [0.2, 0.25) is 5.91 Å². The van der Waals surface area contributed by atoms with Gasteiger partial charge in [0, 0.05) is 35.2 Å². The van der Waals surface area contributed by atoms with Gasteiger partial charge in [-0.25, -0.2) is 0 Å². The van der Waals surface area contributed by atoms with Gasteiger partial charge < -0.3 is 15.4 Å². The van der Waals surface area contributed by atoms with Crippen molar-refractivity contribution < 1.29 is 14.3 Å². The van der Waals surface area contributed by atoms with Crippen molar-refractivity contribution >= 4 is 23.6 Å². The van der Waals surface area contributed by atoms with Crippen LogP contribution in [-0.2, 0) is 17.1 Å². The van der Waals surface area contributed by atoms with Gasteiger partial charge in [-0.1, -0.05) is 18.2 Å². The van der Waals surface area contributed by atoms with E-state index in [1.54, 1.807) is 37.2 Å². The first-order chi connectivity index (χ1) is 14.6. The number of hydrogen-bond acceptors (Lipinski definition) is 5. The third-order valence-corrected chi connectivity index (χ3v) is 5.39. The molecule has 30 heavy (non-hydrogen) atoms. The van der Waals surface area contributed by atoms with Gasteiger partial charge in [-0.15, -0.1) is 11.8 Å². The lowest BCUT2D eigenvalue weighted by Gasteiger charge is -2.08. The standard InChI is InChI=1S/C23H23N3O3S/c1-29-20-8-4-17(5-9-20)14-25-22(27)15-26-23(28)19-6-10-21(11-7-19)30-16-18-3-2-12-24-13-18/h2-13H,14-16H2,1H3,(H,25,27)(H,26,28). The number of carbonyl (C=O) groups excluding carboxylic acids is 2. The lowest BCUT2D eigenvalue weighted by Crippen LogP contribution is -2.36. The molecule has 2 N–H and O–H groups in total. The number of carbonyl (C=O) groups is 2. The van der Waals surface area contributed by atoms with Crippen LogP contribution in [0.2, 0.25) is 0 Å². The molecule has 0 aliphatic carbocycles. The molecule has 3 aromatic rings. The Labute approximate surface area is 180 Å². The number of amides is 2. The molecule has 0 radical (unpaired) electrons. The van der Waals surface area contributed by atoms with Gasteiger partial charge in [-0.05, 0) is 53.6 Å². The largest absolute Gasteiger partial charge is 0.497 e. The first-order valence-electron chi connectivity index (χ1n) is 9.43. The van der Waals surface area contributed by atoms with Crippen LogP contribution in [0.25, 0.3) is 0 Å². The number of methoxy groups -OCH3 is 1. The number of benzene rings is 2. The Morgan fingerprint density at radius 2 is 1.73 bits per heavy atom. The highest BCUT2D eigenvalue weighted by atomic mass is 32.2. The van der Waals surface area contributed by atoms with Crippen molar-refractivity contribution in [1.82, 2.24) is 15.6 Å².